The van der Waals surface area contributed by atoms with Crippen LogP contribution in [0.4, 0.5) is 5.82 Å². The van der Waals surface area contributed by atoms with Crippen LogP contribution >= 0.6 is 22.6 Å². The molecule has 1 aromatic rings. The number of hydrogen-bond acceptors (Lipinski definition) is 3. The average Bonchev–Trinajstić information content (AvgIpc) is 2.58. The Morgan fingerprint density at radius 3 is 2.44 bits per heavy atom. The number of aromatic nitrogens is 2. The molecule has 0 aromatic carbocycles. The maximum atomic E-state index is 4.24. The Hall–Kier alpha value is -0.390. The molecule has 0 unspecified atom stereocenters. The third-order valence-electron chi connectivity index (χ3n) is 4.46. The number of nitrogens with one attached hydrogen (secondary N) is 1. The van der Waals surface area contributed by atoms with Gasteiger partial charge in [-0.3, -0.25) is 0 Å². The largest absolute Gasteiger partial charge is 0.369 e. The van der Waals surface area contributed by atoms with Crippen LogP contribution in [0.1, 0.15) is 27.7 Å². The maximum Gasteiger partial charge on any atom is 0.142 e. The van der Waals surface area contributed by atoms with E-state index < -0.39 is 0 Å². The van der Waals surface area contributed by atoms with E-state index in [0.29, 0.717) is 16.7 Å². The van der Waals surface area contributed by atoms with E-state index in [1.54, 1.807) is 6.33 Å². The van der Waals surface area contributed by atoms with Gasteiger partial charge >= 0.3 is 0 Å². The highest BCUT2D eigenvalue weighted by atomic mass is 127. The lowest BCUT2D eigenvalue weighted by Gasteiger charge is -2.07. The quantitative estimate of drug-likeness (QED) is 0.865. The van der Waals surface area contributed by atoms with Crippen LogP contribution in [0.3, 0.4) is 0 Å². The van der Waals surface area contributed by atoms with Crippen molar-refractivity contribution in [1.29, 1.82) is 0 Å². The molecule has 1 heterocycles. The van der Waals surface area contributed by atoms with Crippen molar-refractivity contribution in [2.45, 2.75) is 27.7 Å². The fourth-order valence-electron chi connectivity index (χ4n) is 2.48. The zero-order valence-electron chi connectivity index (χ0n) is 10.2. The molecule has 1 aliphatic rings. The molecule has 3 nitrogen and oxygen atoms in total. The summed E-state index contributed by atoms with van der Waals surface area (Å²) in [4.78, 5) is 8.23. The summed E-state index contributed by atoms with van der Waals surface area (Å²) in [5.41, 5.74) is 0.858. The third-order valence-corrected chi connectivity index (χ3v) is 5.25. The summed E-state index contributed by atoms with van der Waals surface area (Å²) >= 11 is 2.26. The monoisotopic (exact) mass is 331 g/mol. The van der Waals surface area contributed by atoms with Gasteiger partial charge in [0.25, 0.3) is 0 Å². The van der Waals surface area contributed by atoms with Crippen LogP contribution in [-0.4, -0.2) is 16.5 Å². The van der Waals surface area contributed by atoms with Crippen LogP contribution in [0.5, 0.6) is 0 Å². The van der Waals surface area contributed by atoms with Gasteiger partial charge in [0.1, 0.15) is 12.1 Å². The van der Waals surface area contributed by atoms with Crippen molar-refractivity contribution < 1.29 is 0 Å². The van der Waals surface area contributed by atoms with Gasteiger partial charge in [-0.25, -0.2) is 9.97 Å². The fraction of sp³-hybridized carbons (Fsp3) is 0.667. The molecule has 0 bridgehead atoms. The fourth-order valence-corrected chi connectivity index (χ4v) is 2.98. The summed E-state index contributed by atoms with van der Waals surface area (Å²) in [6, 6.07) is 0. The molecular formula is C12H18IN3. The zero-order chi connectivity index (χ0) is 12.0. The summed E-state index contributed by atoms with van der Waals surface area (Å²) in [6.45, 7) is 10.3. The topological polar surface area (TPSA) is 37.8 Å². The maximum absolute atomic E-state index is 4.24. The Bertz CT molecular complexity index is 387. The molecule has 0 aliphatic heterocycles. The second-order valence-electron chi connectivity index (χ2n) is 5.60. The van der Waals surface area contributed by atoms with Gasteiger partial charge in [0.2, 0.25) is 0 Å². The van der Waals surface area contributed by atoms with E-state index in [1.807, 2.05) is 6.20 Å². The van der Waals surface area contributed by atoms with E-state index in [4.69, 9.17) is 0 Å². The minimum absolute atomic E-state index is 0.429. The zero-order valence-corrected chi connectivity index (χ0v) is 12.4. The second kappa shape index (κ2) is 3.82. The lowest BCUT2D eigenvalue weighted by atomic mass is 10.0. The van der Waals surface area contributed by atoms with Crippen molar-refractivity contribution in [3.63, 3.8) is 0 Å². The van der Waals surface area contributed by atoms with E-state index in [1.165, 1.54) is 0 Å². The van der Waals surface area contributed by atoms with Gasteiger partial charge < -0.3 is 5.32 Å². The van der Waals surface area contributed by atoms with Crippen LogP contribution in [0, 0.1) is 20.3 Å². The van der Waals surface area contributed by atoms with Crippen LogP contribution in [-0.2, 0) is 0 Å². The van der Waals surface area contributed by atoms with Gasteiger partial charge in [0.05, 0.1) is 3.57 Å². The first-order valence-electron chi connectivity index (χ1n) is 5.57. The lowest BCUT2D eigenvalue weighted by Crippen LogP contribution is -2.10. The SMILES string of the molecule is CC1(C)C(CNc2ncncc2I)C1(C)C. The number of nitrogens with zero attached hydrogens (tertiary/aromatic N) is 2. The predicted molar refractivity (Wildman–Crippen MR) is 74.3 cm³/mol. The molecule has 88 valence electrons. The molecule has 0 radical (unpaired) electrons. The third kappa shape index (κ3) is 1.81. The van der Waals surface area contributed by atoms with Gasteiger partial charge in [0, 0.05) is 12.7 Å². The smallest absolute Gasteiger partial charge is 0.142 e. The first kappa shape index (κ1) is 12.1. The standard InChI is InChI=1S/C12H18IN3/c1-11(2)9(12(11,3)4)6-15-10-8(13)5-14-7-16-10/h5,7,9H,6H2,1-4H3,(H,14,15,16). The molecule has 1 aliphatic carbocycles. The second-order valence-corrected chi connectivity index (χ2v) is 6.76. The van der Waals surface area contributed by atoms with Gasteiger partial charge in [-0.2, -0.15) is 0 Å². The molecule has 16 heavy (non-hydrogen) atoms. The summed E-state index contributed by atoms with van der Waals surface area (Å²) in [7, 11) is 0. The van der Waals surface area contributed by atoms with Gasteiger partial charge in [-0.15, -0.1) is 0 Å². The minimum atomic E-state index is 0.429. The molecule has 1 N–H and O–H groups in total. The minimum Gasteiger partial charge on any atom is -0.369 e. The van der Waals surface area contributed by atoms with Crippen LogP contribution in [0.15, 0.2) is 12.5 Å². The van der Waals surface area contributed by atoms with Crippen LogP contribution in [0.25, 0.3) is 0 Å². The molecular weight excluding hydrogens is 313 g/mol. The van der Waals surface area contributed by atoms with Crippen molar-refractivity contribution in [2.75, 3.05) is 11.9 Å². The molecule has 4 heteroatoms. The van der Waals surface area contributed by atoms with E-state index in [2.05, 4.69) is 65.6 Å². The molecule has 2 rings (SSSR count). The first-order chi connectivity index (χ1) is 7.37. The molecule has 0 saturated heterocycles. The molecule has 0 atom stereocenters. The van der Waals surface area contributed by atoms with Crippen molar-refractivity contribution in [2.24, 2.45) is 16.7 Å². The van der Waals surface area contributed by atoms with Crippen LogP contribution < -0.4 is 5.32 Å². The molecule has 0 amide bonds. The Labute approximate surface area is 111 Å². The van der Waals surface area contributed by atoms with Gasteiger partial charge in [-0.05, 0) is 39.3 Å². The molecule has 0 spiro atoms. The normalized spacial score (nSPS) is 21.8. The summed E-state index contributed by atoms with van der Waals surface area (Å²) in [5.74, 6) is 1.67. The molecule has 1 fully saturated rings. The number of halogens is 1. The number of rotatable bonds is 3. The van der Waals surface area contributed by atoms with Crippen molar-refractivity contribution in [1.82, 2.24) is 9.97 Å². The highest BCUT2D eigenvalue weighted by Gasteiger charge is 2.64. The van der Waals surface area contributed by atoms with Gasteiger partial charge in [0.15, 0.2) is 0 Å². The van der Waals surface area contributed by atoms with Crippen molar-refractivity contribution >= 4 is 28.4 Å². The molecule has 1 aromatic heterocycles. The van der Waals surface area contributed by atoms with E-state index in [9.17, 15) is 0 Å². The predicted octanol–water partition coefficient (Wildman–Crippen LogP) is 3.18. The summed E-state index contributed by atoms with van der Waals surface area (Å²) in [5, 5.41) is 3.43. The average molecular weight is 331 g/mol. The van der Waals surface area contributed by atoms with Crippen molar-refractivity contribution in [3.8, 4) is 0 Å². The lowest BCUT2D eigenvalue weighted by molar-refractivity contribution is 0.457. The van der Waals surface area contributed by atoms with E-state index >= 15 is 0 Å². The van der Waals surface area contributed by atoms with Crippen LogP contribution in [0.2, 0.25) is 0 Å². The van der Waals surface area contributed by atoms with E-state index in [-0.39, 0.29) is 0 Å². The number of hydrogen-bond donors (Lipinski definition) is 1. The Kier molecular flexibility index (Phi) is 2.88. The summed E-state index contributed by atoms with van der Waals surface area (Å²) < 4.78 is 1.08. The Balaban J connectivity index is 1.98. The highest BCUT2D eigenvalue weighted by molar-refractivity contribution is 14.1. The number of anilines is 1. The first-order valence-corrected chi connectivity index (χ1v) is 6.64. The highest BCUT2D eigenvalue weighted by Crippen LogP contribution is 2.68. The Morgan fingerprint density at radius 2 is 1.94 bits per heavy atom. The van der Waals surface area contributed by atoms with Crippen molar-refractivity contribution in [3.05, 3.63) is 16.1 Å². The Morgan fingerprint density at radius 1 is 1.31 bits per heavy atom. The summed E-state index contributed by atoms with van der Waals surface area (Å²) in [6.07, 6.45) is 3.42. The van der Waals surface area contributed by atoms with E-state index in [0.717, 1.165) is 15.9 Å². The van der Waals surface area contributed by atoms with Gasteiger partial charge in [-0.1, -0.05) is 27.7 Å². The molecule has 1 saturated carbocycles.